The molecule has 1 unspecified atom stereocenters. The summed E-state index contributed by atoms with van der Waals surface area (Å²) in [6.07, 6.45) is 1.12. The fraction of sp³-hybridized carbons (Fsp3) is 1.00. The van der Waals surface area contributed by atoms with Crippen molar-refractivity contribution in [2.75, 3.05) is 26.3 Å². The van der Waals surface area contributed by atoms with Crippen molar-refractivity contribution >= 4 is 9.28 Å². The van der Waals surface area contributed by atoms with E-state index in [1.807, 2.05) is 13.8 Å². The molecule has 0 aliphatic rings. The zero-order valence-electron chi connectivity index (χ0n) is 11.0. The molecule has 0 rings (SSSR count). The molecule has 3 nitrogen and oxygen atoms in total. The van der Waals surface area contributed by atoms with Gasteiger partial charge in [0.1, 0.15) is 0 Å². The van der Waals surface area contributed by atoms with E-state index >= 15 is 0 Å². The van der Waals surface area contributed by atoms with Gasteiger partial charge in [-0.3, -0.25) is 4.90 Å². The molecule has 0 aromatic rings. The molecule has 0 radical (unpaired) electrons. The van der Waals surface area contributed by atoms with Gasteiger partial charge in [-0.15, -0.1) is 0 Å². The fourth-order valence-electron chi connectivity index (χ4n) is 1.91. The molecule has 0 N–H and O–H groups in total. The first-order valence-electron chi connectivity index (χ1n) is 6.22. The maximum absolute atomic E-state index is 5.80. The van der Waals surface area contributed by atoms with E-state index in [0.29, 0.717) is 5.67 Å². The Morgan fingerprint density at radius 2 is 1.40 bits per heavy atom. The van der Waals surface area contributed by atoms with Crippen molar-refractivity contribution in [3.8, 4) is 0 Å². The molecule has 0 aromatic carbocycles. The number of nitrogens with zero attached hydrogens (tertiary/aromatic N) is 1. The summed E-state index contributed by atoms with van der Waals surface area (Å²) in [5, 5.41) is 0. The molecule has 92 valence electrons. The van der Waals surface area contributed by atoms with E-state index in [1.165, 1.54) is 0 Å². The lowest BCUT2D eigenvalue weighted by Crippen LogP contribution is -2.49. The molecule has 0 fully saturated rings. The van der Waals surface area contributed by atoms with Gasteiger partial charge in [-0.2, -0.15) is 0 Å². The topological polar surface area (TPSA) is 21.7 Å². The molecule has 0 saturated heterocycles. The van der Waals surface area contributed by atoms with E-state index in [1.54, 1.807) is 0 Å². The first kappa shape index (κ1) is 15.1. The third-order valence-corrected chi connectivity index (χ3v) is 5.52. The van der Waals surface area contributed by atoms with Crippen LogP contribution in [0.5, 0.6) is 0 Å². The van der Waals surface area contributed by atoms with Gasteiger partial charge in [0.15, 0.2) is 0 Å². The highest BCUT2D eigenvalue weighted by Gasteiger charge is 2.28. The smallest absolute Gasteiger partial charge is 0.339 e. The van der Waals surface area contributed by atoms with Crippen LogP contribution in [0.25, 0.3) is 0 Å². The van der Waals surface area contributed by atoms with Crippen LogP contribution in [0.4, 0.5) is 0 Å². The van der Waals surface area contributed by atoms with E-state index in [0.717, 1.165) is 32.7 Å². The van der Waals surface area contributed by atoms with Crippen LogP contribution in [0.1, 0.15) is 41.0 Å². The Bertz CT molecular complexity index is 137. The van der Waals surface area contributed by atoms with Gasteiger partial charge >= 0.3 is 9.28 Å². The SMILES string of the molecule is CCO[SiH](OCC)C(CC)N(CC)CC. The van der Waals surface area contributed by atoms with Gasteiger partial charge in [-0.25, -0.2) is 0 Å². The zero-order valence-corrected chi connectivity index (χ0v) is 12.1. The third-order valence-electron chi connectivity index (χ3n) is 2.68. The summed E-state index contributed by atoms with van der Waals surface area (Å²) < 4.78 is 11.6. The molecular weight excluding hydrogens is 206 g/mol. The molecule has 0 aromatic heterocycles. The quantitative estimate of drug-likeness (QED) is 0.568. The highest BCUT2D eigenvalue weighted by molar-refractivity contribution is 6.46. The van der Waals surface area contributed by atoms with Gasteiger partial charge in [-0.1, -0.05) is 20.8 Å². The molecule has 0 bridgehead atoms. The second-order valence-corrected chi connectivity index (χ2v) is 5.65. The summed E-state index contributed by atoms with van der Waals surface area (Å²) in [5.74, 6) is 0. The largest absolute Gasteiger partial charge is 0.396 e. The standard InChI is InChI=1S/C11H27NO2Si/c1-6-11(12(7-2)8-3)15(13-9-4)14-10-5/h11,15H,6-10H2,1-5H3. The first-order chi connectivity index (χ1) is 7.24. The maximum atomic E-state index is 5.80. The van der Waals surface area contributed by atoms with Gasteiger partial charge < -0.3 is 8.85 Å². The van der Waals surface area contributed by atoms with Crippen LogP contribution in [-0.2, 0) is 8.85 Å². The number of hydrogen-bond acceptors (Lipinski definition) is 3. The average Bonchev–Trinajstić information content (AvgIpc) is 2.25. The highest BCUT2D eigenvalue weighted by Crippen LogP contribution is 2.10. The summed E-state index contributed by atoms with van der Waals surface area (Å²) in [5.41, 5.74) is 0.514. The highest BCUT2D eigenvalue weighted by atomic mass is 28.3. The Hall–Kier alpha value is 0.0969. The van der Waals surface area contributed by atoms with Crippen molar-refractivity contribution in [1.29, 1.82) is 0 Å². The molecule has 0 aliphatic heterocycles. The summed E-state index contributed by atoms with van der Waals surface area (Å²) in [6, 6.07) is 0. The maximum Gasteiger partial charge on any atom is 0.339 e. The van der Waals surface area contributed by atoms with Crippen LogP contribution in [0, 0.1) is 0 Å². The van der Waals surface area contributed by atoms with Crippen LogP contribution in [-0.4, -0.2) is 46.2 Å². The summed E-state index contributed by atoms with van der Waals surface area (Å²) >= 11 is 0. The van der Waals surface area contributed by atoms with E-state index in [2.05, 4.69) is 25.7 Å². The van der Waals surface area contributed by atoms with E-state index in [-0.39, 0.29) is 0 Å². The normalized spacial score (nSPS) is 13.8. The first-order valence-corrected chi connectivity index (χ1v) is 7.83. The van der Waals surface area contributed by atoms with Crippen LogP contribution in [0.15, 0.2) is 0 Å². The Balaban J connectivity index is 4.40. The minimum atomic E-state index is -1.52. The second-order valence-electron chi connectivity index (χ2n) is 3.48. The van der Waals surface area contributed by atoms with Crippen LogP contribution >= 0.6 is 0 Å². The lowest BCUT2D eigenvalue weighted by atomic mass is 10.4. The third kappa shape index (κ3) is 5.11. The second kappa shape index (κ2) is 9.33. The molecule has 1 atom stereocenters. The van der Waals surface area contributed by atoms with Gasteiger partial charge in [0, 0.05) is 13.2 Å². The molecule has 15 heavy (non-hydrogen) atoms. The Morgan fingerprint density at radius 3 is 1.67 bits per heavy atom. The Morgan fingerprint density at radius 1 is 0.933 bits per heavy atom. The van der Waals surface area contributed by atoms with Crippen molar-refractivity contribution < 1.29 is 8.85 Å². The van der Waals surface area contributed by atoms with Gasteiger partial charge in [0.05, 0.1) is 5.67 Å². The van der Waals surface area contributed by atoms with Crippen molar-refractivity contribution in [3.05, 3.63) is 0 Å². The predicted molar refractivity (Wildman–Crippen MR) is 67.4 cm³/mol. The molecule has 0 heterocycles. The molecule has 0 amide bonds. The van der Waals surface area contributed by atoms with Gasteiger partial charge in [0.25, 0.3) is 0 Å². The Labute approximate surface area is 96.6 Å². The Kier molecular flexibility index (Phi) is 9.39. The summed E-state index contributed by atoms with van der Waals surface area (Å²) in [7, 11) is -1.52. The molecular formula is C11H27NO2Si. The zero-order chi connectivity index (χ0) is 11.7. The summed E-state index contributed by atoms with van der Waals surface area (Å²) in [4.78, 5) is 2.46. The lowest BCUT2D eigenvalue weighted by Gasteiger charge is -2.33. The number of hydrogen-bond donors (Lipinski definition) is 0. The van der Waals surface area contributed by atoms with E-state index in [9.17, 15) is 0 Å². The van der Waals surface area contributed by atoms with Crippen LogP contribution in [0.3, 0.4) is 0 Å². The summed E-state index contributed by atoms with van der Waals surface area (Å²) in [6.45, 7) is 14.4. The van der Waals surface area contributed by atoms with Crippen LogP contribution < -0.4 is 0 Å². The van der Waals surface area contributed by atoms with E-state index in [4.69, 9.17) is 8.85 Å². The fourth-order valence-corrected chi connectivity index (χ4v) is 4.26. The van der Waals surface area contributed by atoms with Crippen LogP contribution in [0.2, 0.25) is 0 Å². The van der Waals surface area contributed by atoms with E-state index < -0.39 is 9.28 Å². The van der Waals surface area contributed by atoms with Crippen molar-refractivity contribution in [3.63, 3.8) is 0 Å². The average molecular weight is 233 g/mol. The van der Waals surface area contributed by atoms with Crippen molar-refractivity contribution in [2.45, 2.75) is 46.7 Å². The predicted octanol–water partition coefficient (Wildman–Crippen LogP) is 1.94. The molecule has 0 saturated carbocycles. The number of rotatable bonds is 9. The minimum Gasteiger partial charge on any atom is -0.396 e. The van der Waals surface area contributed by atoms with Gasteiger partial charge in [-0.05, 0) is 33.4 Å². The van der Waals surface area contributed by atoms with Crippen molar-refractivity contribution in [2.24, 2.45) is 0 Å². The monoisotopic (exact) mass is 233 g/mol. The minimum absolute atomic E-state index is 0.514. The van der Waals surface area contributed by atoms with Gasteiger partial charge in [0.2, 0.25) is 0 Å². The molecule has 4 heteroatoms. The van der Waals surface area contributed by atoms with Crippen molar-refractivity contribution in [1.82, 2.24) is 4.90 Å². The molecule has 0 spiro atoms. The lowest BCUT2D eigenvalue weighted by molar-refractivity contribution is 0.156. The molecule has 0 aliphatic carbocycles.